The summed E-state index contributed by atoms with van der Waals surface area (Å²) in [6.45, 7) is 34.0. The van der Waals surface area contributed by atoms with Crippen molar-refractivity contribution in [2.75, 3.05) is 39.5 Å². The highest BCUT2D eigenvalue weighted by atomic mass is 16.8. The molecule has 0 saturated heterocycles. The minimum absolute atomic E-state index is 0.0318. The van der Waals surface area contributed by atoms with Crippen molar-refractivity contribution in [3.05, 3.63) is 11.6 Å². The van der Waals surface area contributed by atoms with Crippen LogP contribution in [-0.4, -0.2) is 84.8 Å². The van der Waals surface area contributed by atoms with Crippen LogP contribution in [0.3, 0.4) is 0 Å². The van der Waals surface area contributed by atoms with Gasteiger partial charge in [0.2, 0.25) is 0 Å². The number of ether oxygens (including phenoxy) is 4. The van der Waals surface area contributed by atoms with Gasteiger partial charge in [0.1, 0.15) is 6.10 Å². The second kappa shape index (κ2) is 25.9. The van der Waals surface area contributed by atoms with E-state index in [1.165, 1.54) is 103 Å². The highest BCUT2D eigenvalue weighted by Gasteiger charge is 2.62. The molecule has 0 bridgehead atoms. The summed E-state index contributed by atoms with van der Waals surface area (Å²) in [7, 11) is 0. The lowest BCUT2D eigenvalue weighted by atomic mass is 9.44. The number of aliphatic hydroxyl groups is 2. The summed E-state index contributed by atoms with van der Waals surface area (Å²) >= 11 is 0. The van der Waals surface area contributed by atoms with Gasteiger partial charge in [0.05, 0.1) is 24.7 Å². The number of hydrogen-bond acceptors (Lipinski definition) is 8. The number of rotatable bonds is 26. The summed E-state index contributed by atoms with van der Waals surface area (Å²) in [5.74, 6) is 8.75. The highest BCUT2D eigenvalue weighted by molar-refractivity contribution is 5.75. The normalized spacial score (nSPS) is 39.2. The number of hydrogen-bond donors (Lipinski definition) is 2. The van der Waals surface area contributed by atoms with Gasteiger partial charge in [0.15, 0.2) is 12.1 Å². The Morgan fingerprint density at radius 1 is 0.636 bits per heavy atom. The topological polar surface area (TPSA) is 97.7 Å². The van der Waals surface area contributed by atoms with Gasteiger partial charge in [-0.05, 0) is 269 Å². The molecule has 18 atom stereocenters. The van der Waals surface area contributed by atoms with Crippen molar-refractivity contribution in [2.45, 2.75) is 281 Å². The van der Waals surface area contributed by atoms with Gasteiger partial charge < -0.3 is 29.2 Å². The summed E-state index contributed by atoms with van der Waals surface area (Å²) in [5, 5.41) is 18.9. The number of unbranched alkanes of at least 4 members (excludes halogenated alkanes) is 3. The largest absolute Gasteiger partial charge is 0.462 e. The molecule has 444 valence electrons. The molecule has 2 N–H and O–H groups in total. The first-order chi connectivity index (χ1) is 36.5. The van der Waals surface area contributed by atoms with Gasteiger partial charge in [0.25, 0.3) is 0 Å². The fraction of sp³-hybridized carbons (Fsp3) is 0.957. The van der Waals surface area contributed by atoms with Crippen LogP contribution < -0.4 is 0 Å². The molecule has 0 aliphatic heterocycles. The van der Waals surface area contributed by atoms with Crippen LogP contribution in [0.5, 0.6) is 0 Å². The van der Waals surface area contributed by atoms with Crippen LogP contribution in [0.25, 0.3) is 0 Å². The van der Waals surface area contributed by atoms with Gasteiger partial charge in [-0.3, -0.25) is 9.69 Å². The predicted octanol–water partition coefficient (Wildman–Crippen LogP) is 16.4. The Hall–Kier alpha value is -1.03. The monoisotopic (exact) mass is 1080 g/mol. The van der Waals surface area contributed by atoms with Gasteiger partial charge in [-0.1, -0.05) is 99.1 Å². The Kier molecular flexibility index (Phi) is 20.8. The molecule has 0 spiro atoms. The SMILES string of the molecule is CC(C)CCCC(C)C1CCC2C3CC=C4CC(OC(CC[C@H](C)C5CCC6C7CCC8C[C@@H](OC(=O)C(C)(C)C)CC[C@@]8(C)C7CC[C@]65C)OC(C)(C)OCCCCCCN(CCO)CCO)CCC4(C)C3CCC12C. The smallest absolute Gasteiger partial charge is 0.311 e. The van der Waals surface area contributed by atoms with Crippen molar-refractivity contribution in [3.63, 3.8) is 0 Å². The maximum absolute atomic E-state index is 12.9. The molecule has 0 aromatic rings. The second-order valence-corrected chi connectivity index (χ2v) is 31.3. The number of carbonyl (C=O) groups is 1. The molecule has 8 nitrogen and oxygen atoms in total. The first-order valence-corrected chi connectivity index (χ1v) is 33.3. The highest BCUT2D eigenvalue weighted by Crippen LogP contribution is 2.70. The number of fused-ring (bicyclic) bond motifs is 10. The zero-order chi connectivity index (χ0) is 55.6. The summed E-state index contributed by atoms with van der Waals surface area (Å²) in [5.41, 5.74) is 2.82. The molecular formula is C69H121NO7. The van der Waals surface area contributed by atoms with E-state index in [0.29, 0.717) is 53.2 Å². The van der Waals surface area contributed by atoms with E-state index in [1.807, 2.05) is 20.8 Å². The zero-order valence-corrected chi connectivity index (χ0v) is 52.2. The molecule has 8 aliphatic carbocycles. The van der Waals surface area contributed by atoms with Crippen LogP contribution in [0.1, 0.15) is 257 Å². The average molecular weight is 1080 g/mol. The maximum atomic E-state index is 12.9. The van der Waals surface area contributed by atoms with E-state index in [9.17, 15) is 15.0 Å². The van der Waals surface area contributed by atoms with Crippen molar-refractivity contribution < 1.29 is 34.0 Å². The van der Waals surface area contributed by atoms with Crippen LogP contribution in [-0.2, 0) is 23.7 Å². The summed E-state index contributed by atoms with van der Waals surface area (Å²) in [6, 6.07) is 0. The van der Waals surface area contributed by atoms with E-state index < -0.39 is 11.2 Å². The number of carbonyl (C=O) groups excluding carboxylic acids is 1. The van der Waals surface area contributed by atoms with E-state index >= 15 is 0 Å². The minimum Gasteiger partial charge on any atom is -0.462 e. The maximum Gasteiger partial charge on any atom is 0.311 e. The molecule has 0 aromatic carbocycles. The molecule has 8 heteroatoms. The minimum atomic E-state index is -0.752. The Labute approximate surface area is 473 Å². The molecule has 0 radical (unpaired) electrons. The summed E-state index contributed by atoms with van der Waals surface area (Å²) < 4.78 is 27.3. The number of esters is 1. The molecule has 0 aromatic heterocycles. The van der Waals surface area contributed by atoms with Crippen LogP contribution in [0.15, 0.2) is 11.6 Å². The molecular weight excluding hydrogens is 955 g/mol. The van der Waals surface area contributed by atoms with Gasteiger partial charge in [-0.25, -0.2) is 0 Å². The number of allylic oxidation sites excluding steroid dienone is 1. The second-order valence-electron chi connectivity index (χ2n) is 31.3. The van der Waals surface area contributed by atoms with E-state index in [2.05, 4.69) is 80.2 Å². The van der Waals surface area contributed by atoms with Crippen LogP contribution in [0, 0.1) is 98.1 Å². The first kappa shape index (κ1) is 62.0. The first-order valence-electron chi connectivity index (χ1n) is 33.3. The van der Waals surface area contributed by atoms with Gasteiger partial charge in [-0.15, -0.1) is 0 Å². The van der Waals surface area contributed by atoms with Crippen molar-refractivity contribution in [3.8, 4) is 0 Å². The molecule has 14 unspecified atom stereocenters. The zero-order valence-electron chi connectivity index (χ0n) is 52.2. The van der Waals surface area contributed by atoms with E-state index in [0.717, 1.165) is 130 Å². The van der Waals surface area contributed by atoms with E-state index in [-0.39, 0.29) is 37.7 Å². The Morgan fingerprint density at radius 2 is 1.25 bits per heavy atom. The van der Waals surface area contributed by atoms with Gasteiger partial charge in [-0.2, -0.15) is 0 Å². The third-order valence-electron chi connectivity index (χ3n) is 24.8. The van der Waals surface area contributed by atoms with Crippen molar-refractivity contribution >= 4 is 5.97 Å². The lowest BCUT2D eigenvalue weighted by Gasteiger charge is -2.61. The molecule has 7 saturated carbocycles. The van der Waals surface area contributed by atoms with Crippen LogP contribution >= 0.6 is 0 Å². The van der Waals surface area contributed by atoms with Crippen molar-refractivity contribution in [1.29, 1.82) is 0 Å². The van der Waals surface area contributed by atoms with Crippen LogP contribution in [0.2, 0.25) is 0 Å². The van der Waals surface area contributed by atoms with Gasteiger partial charge in [0, 0.05) is 19.7 Å². The summed E-state index contributed by atoms with van der Waals surface area (Å²) in [6.07, 6.45) is 35.0. The number of aliphatic hydroxyl groups excluding tert-OH is 2. The molecule has 0 amide bonds. The summed E-state index contributed by atoms with van der Waals surface area (Å²) in [4.78, 5) is 15.1. The molecule has 8 rings (SSSR count). The molecule has 7 fully saturated rings. The van der Waals surface area contributed by atoms with Crippen molar-refractivity contribution in [2.24, 2.45) is 98.1 Å². The molecule has 77 heavy (non-hydrogen) atoms. The number of nitrogens with zero attached hydrogens (tertiary/aromatic N) is 1. The Bertz CT molecular complexity index is 1900. The standard InChI is InChI=1S/C69H121NO7/c1-47(2)19-18-20-48(3)56-26-28-58-54-24-22-50-45-52(31-35-66(50,10)60(54)33-37-68(56,58)12)75-62(77-65(8,9)74-44-17-15-14-16-39-70(40-42-71)41-43-72)30-21-49(4)57-27-29-59-55-25-23-51-46-53(76-63(73)64(5,6)7)32-36-67(51,11)61(55)34-38-69(57,59)13/h22,47-49,51-62,71-72H,14-21,23-46H2,1-13H3/t48?,49-,51?,52?,53-,54?,55?,56?,57?,58?,59?,60?,61?,62?,66?,67+,68?,69-/m0/s1. The third-order valence-corrected chi connectivity index (χ3v) is 24.8. The fourth-order valence-corrected chi connectivity index (χ4v) is 20.4. The Balaban J connectivity index is 0.893. The van der Waals surface area contributed by atoms with E-state index in [4.69, 9.17) is 18.9 Å². The third kappa shape index (κ3) is 13.8. The fourth-order valence-electron chi connectivity index (χ4n) is 20.4. The van der Waals surface area contributed by atoms with Gasteiger partial charge >= 0.3 is 5.97 Å². The lowest BCUT2D eigenvalue weighted by molar-refractivity contribution is -0.306. The van der Waals surface area contributed by atoms with Crippen LogP contribution in [0.4, 0.5) is 0 Å². The quantitative estimate of drug-likeness (QED) is 0.0383. The Morgan fingerprint density at radius 3 is 1.91 bits per heavy atom. The lowest BCUT2D eigenvalue weighted by Crippen LogP contribution is -2.54. The van der Waals surface area contributed by atoms with Crippen molar-refractivity contribution in [1.82, 2.24) is 4.90 Å². The van der Waals surface area contributed by atoms with E-state index in [1.54, 1.807) is 5.57 Å². The molecule has 8 aliphatic rings. The average Bonchev–Trinajstić information content (AvgIpc) is 3.98. The molecule has 0 heterocycles. The predicted molar refractivity (Wildman–Crippen MR) is 315 cm³/mol.